The number of sulfonamides is 1. The van der Waals surface area contributed by atoms with E-state index in [4.69, 9.17) is 0 Å². The molecule has 1 amide bonds. The van der Waals surface area contributed by atoms with Gasteiger partial charge in [0.1, 0.15) is 6.54 Å². The second-order valence-electron chi connectivity index (χ2n) is 6.76. The topological polar surface area (TPSA) is 96.7 Å². The van der Waals surface area contributed by atoms with E-state index in [2.05, 4.69) is 15.6 Å². The Morgan fingerprint density at radius 2 is 1.80 bits per heavy atom. The summed E-state index contributed by atoms with van der Waals surface area (Å²) < 4.78 is 65.0. The third kappa shape index (κ3) is 5.05. The maximum Gasteiger partial charge on any atom is 0.435 e. The largest absolute Gasteiger partial charge is 0.435 e. The van der Waals surface area contributed by atoms with Crippen LogP contribution in [0.3, 0.4) is 0 Å². The Kier molecular flexibility index (Phi) is 6.27. The van der Waals surface area contributed by atoms with Crippen LogP contribution in [-0.4, -0.2) is 47.2 Å². The molecule has 12 heteroatoms. The average molecular weight is 443 g/mol. The maximum absolute atomic E-state index is 12.5. The Morgan fingerprint density at radius 1 is 1.17 bits per heavy atom. The summed E-state index contributed by atoms with van der Waals surface area (Å²) in [5.41, 5.74) is 2.16. The molecule has 0 unspecified atom stereocenters. The number of nitrogens with one attached hydrogen (secondary N) is 1. The molecule has 1 N–H and O–H groups in total. The monoisotopic (exact) mass is 443 g/mol. The lowest BCUT2D eigenvalue weighted by atomic mass is 10.1. The smallest absolute Gasteiger partial charge is 0.271 e. The number of aromatic nitrogens is 2. The van der Waals surface area contributed by atoms with Crippen LogP contribution in [0.5, 0.6) is 0 Å². The minimum absolute atomic E-state index is 0.184. The van der Waals surface area contributed by atoms with Crippen molar-refractivity contribution in [2.24, 2.45) is 5.10 Å². The van der Waals surface area contributed by atoms with E-state index in [1.54, 1.807) is 19.1 Å². The molecule has 3 rings (SSSR count). The Morgan fingerprint density at radius 3 is 2.37 bits per heavy atom. The van der Waals surface area contributed by atoms with Gasteiger partial charge >= 0.3 is 6.18 Å². The van der Waals surface area contributed by atoms with Gasteiger partial charge in [-0.3, -0.25) is 9.48 Å². The molecule has 8 nitrogen and oxygen atoms in total. The highest BCUT2D eigenvalue weighted by Crippen LogP contribution is 2.27. The van der Waals surface area contributed by atoms with Crippen molar-refractivity contribution in [3.05, 3.63) is 47.8 Å². The number of halogens is 3. The lowest BCUT2D eigenvalue weighted by Gasteiger charge is -2.15. The van der Waals surface area contributed by atoms with Crippen LogP contribution in [-0.2, 0) is 27.5 Å². The summed E-state index contributed by atoms with van der Waals surface area (Å²) in [4.78, 5) is 12.1. The predicted octanol–water partition coefficient (Wildman–Crippen LogP) is 2.23. The van der Waals surface area contributed by atoms with E-state index in [1.807, 2.05) is 0 Å². The second kappa shape index (κ2) is 8.56. The average Bonchev–Trinajstić information content (AvgIpc) is 3.38. The Bertz CT molecular complexity index is 1040. The zero-order chi connectivity index (χ0) is 21.9. The predicted molar refractivity (Wildman–Crippen MR) is 102 cm³/mol. The fourth-order valence-electron chi connectivity index (χ4n) is 2.94. The normalized spacial score (nSPS) is 16.1. The van der Waals surface area contributed by atoms with E-state index >= 15 is 0 Å². The van der Waals surface area contributed by atoms with Crippen LogP contribution in [0.2, 0.25) is 0 Å². The van der Waals surface area contributed by atoms with Gasteiger partial charge in [-0.05, 0) is 43.5 Å². The van der Waals surface area contributed by atoms with E-state index in [-0.39, 0.29) is 4.90 Å². The molecule has 1 aliphatic heterocycles. The van der Waals surface area contributed by atoms with Crippen LogP contribution in [0.15, 0.2) is 46.5 Å². The first kappa shape index (κ1) is 22.0. The van der Waals surface area contributed by atoms with Gasteiger partial charge in [-0.25, -0.2) is 13.8 Å². The molecule has 162 valence electrons. The van der Waals surface area contributed by atoms with Crippen LogP contribution in [0.1, 0.15) is 31.0 Å². The van der Waals surface area contributed by atoms with Crippen LogP contribution in [0.25, 0.3) is 0 Å². The molecular weight excluding hydrogens is 423 g/mol. The standard InChI is InChI=1S/C18H20F3N5O3S/c1-13(22-23-17(27)12-25-11-8-16(24-25)18(19,20)21)14-4-6-15(7-5-14)30(28,29)26-9-2-3-10-26/h4-8,11H,2-3,9-10,12H2,1H3,(H,23,27). The molecule has 1 saturated heterocycles. The van der Waals surface area contributed by atoms with E-state index in [9.17, 15) is 26.4 Å². The van der Waals surface area contributed by atoms with Gasteiger partial charge in [-0.1, -0.05) is 12.1 Å². The van der Waals surface area contributed by atoms with Gasteiger partial charge in [0.25, 0.3) is 5.91 Å². The van der Waals surface area contributed by atoms with Crippen molar-refractivity contribution in [2.45, 2.75) is 37.4 Å². The molecule has 0 bridgehead atoms. The van der Waals surface area contributed by atoms with Crippen molar-refractivity contribution in [3.63, 3.8) is 0 Å². The van der Waals surface area contributed by atoms with Gasteiger partial charge in [-0.15, -0.1) is 0 Å². The molecule has 0 atom stereocenters. The summed E-state index contributed by atoms with van der Waals surface area (Å²) in [6.45, 7) is 2.20. The number of alkyl halides is 3. The van der Waals surface area contributed by atoms with Gasteiger partial charge in [0.15, 0.2) is 5.69 Å². The summed E-state index contributed by atoms with van der Waals surface area (Å²) >= 11 is 0. The zero-order valence-corrected chi connectivity index (χ0v) is 16.9. The molecule has 0 radical (unpaired) electrons. The number of hydrogen-bond donors (Lipinski definition) is 1. The zero-order valence-electron chi connectivity index (χ0n) is 16.1. The molecule has 1 fully saturated rings. The maximum atomic E-state index is 12.5. The van der Waals surface area contributed by atoms with E-state index < -0.39 is 34.3 Å². The Balaban J connectivity index is 1.61. The van der Waals surface area contributed by atoms with Crippen molar-refractivity contribution in [1.29, 1.82) is 0 Å². The van der Waals surface area contributed by atoms with Crippen LogP contribution >= 0.6 is 0 Å². The van der Waals surface area contributed by atoms with Crippen LogP contribution in [0, 0.1) is 0 Å². The first-order valence-electron chi connectivity index (χ1n) is 9.12. The molecule has 30 heavy (non-hydrogen) atoms. The molecule has 2 aromatic rings. The number of carbonyl (C=O) groups excluding carboxylic acids is 1. The third-order valence-corrected chi connectivity index (χ3v) is 6.47. The van der Waals surface area contributed by atoms with Crippen molar-refractivity contribution >= 4 is 21.6 Å². The van der Waals surface area contributed by atoms with E-state index in [1.165, 1.54) is 16.4 Å². The summed E-state index contributed by atoms with van der Waals surface area (Å²) in [5.74, 6) is -0.653. The highest BCUT2D eigenvalue weighted by atomic mass is 32.2. The molecule has 0 saturated carbocycles. The highest BCUT2D eigenvalue weighted by Gasteiger charge is 2.33. The summed E-state index contributed by atoms with van der Waals surface area (Å²) in [5, 5.41) is 7.20. The van der Waals surface area contributed by atoms with Crippen molar-refractivity contribution in [2.75, 3.05) is 13.1 Å². The highest BCUT2D eigenvalue weighted by molar-refractivity contribution is 7.89. The number of rotatable bonds is 6. The van der Waals surface area contributed by atoms with E-state index in [0.717, 1.165) is 29.8 Å². The number of hydrogen-bond acceptors (Lipinski definition) is 5. The Labute approximate surface area is 171 Å². The molecular formula is C18H20F3N5O3S. The summed E-state index contributed by atoms with van der Waals surface area (Å²) in [6.07, 6.45) is -1.83. The fraction of sp³-hybridized carbons (Fsp3) is 0.389. The van der Waals surface area contributed by atoms with Gasteiger partial charge in [0, 0.05) is 19.3 Å². The quantitative estimate of drug-likeness (QED) is 0.547. The van der Waals surface area contributed by atoms with Gasteiger partial charge in [-0.2, -0.15) is 27.7 Å². The minimum Gasteiger partial charge on any atom is -0.271 e. The van der Waals surface area contributed by atoms with Gasteiger partial charge < -0.3 is 0 Å². The first-order chi connectivity index (χ1) is 14.1. The van der Waals surface area contributed by atoms with Crippen molar-refractivity contribution in [1.82, 2.24) is 19.5 Å². The molecule has 1 aromatic carbocycles. The number of amides is 1. The summed E-state index contributed by atoms with van der Waals surface area (Å²) in [7, 11) is -3.52. The summed E-state index contributed by atoms with van der Waals surface area (Å²) in [6, 6.07) is 6.89. The van der Waals surface area contributed by atoms with Crippen molar-refractivity contribution in [3.8, 4) is 0 Å². The molecule has 1 aromatic heterocycles. The van der Waals surface area contributed by atoms with E-state index in [0.29, 0.717) is 24.4 Å². The SMILES string of the molecule is CC(=NNC(=O)Cn1ccc(C(F)(F)F)n1)c1ccc(S(=O)(=O)N2CCCC2)cc1. The molecule has 0 spiro atoms. The number of benzene rings is 1. The fourth-order valence-corrected chi connectivity index (χ4v) is 4.46. The Hall–Kier alpha value is -2.73. The number of carbonyl (C=O) groups is 1. The third-order valence-electron chi connectivity index (χ3n) is 4.56. The number of hydrazone groups is 1. The van der Waals surface area contributed by atoms with Crippen molar-refractivity contribution < 1.29 is 26.4 Å². The second-order valence-corrected chi connectivity index (χ2v) is 8.70. The molecule has 2 heterocycles. The lowest BCUT2D eigenvalue weighted by molar-refractivity contribution is -0.141. The van der Waals surface area contributed by atoms with Gasteiger partial charge in [0.2, 0.25) is 10.0 Å². The first-order valence-corrected chi connectivity index (χ1v) is 10.6. The number of nitrogens with zero attached hydrogens (tertiary/aromatic N) is 4. The molecule has 1 aliphatic rings. The van der Waals surface area contributed by atoms with Crippen LogP contribution in [0.4, 0.5) is 13.2 Å². The minimum atomic E-state index is -4.58. The van der Waals surface area contributed by atoms with Crippen LogP contribution < -0.4 is 5.43 Å². The van der Waals surface area contributed by atoms with Gasteiger partial charge in [0.05, 0.1) is 10.6 Å². The molecule has 0 aliphatic carbocycles. The lowest BCUT2D eigenvalue weighted by Crippen LogP contribution is -2.27.